The molecule has 1 aromatic carbocycles. The highest BCUT2D eigenvalue weighted by molar-refractivity contribution is 5.95. The van der Waals surface area contributed by atoms with E-state index in [2.05, 4.69) is 16.7 Å². The Balaban J connectivity index is 1.63. The van der Waals surface area contributed by atoms with Crippen molar-refractivity contribution < 1.29 is 9.53 Å². The molecule has 2 N–H and O–H groups in total. The Morgan fingerprint density at radius 2 is 2.30 bits per heavy atom. The Labute approximate surface area is 119 Å². The van der Waals surface area contributed by atoms with E-state index in [9.17, 15) is 4.79 Å². The van der Waals surface area contributed by atoms with Gasteiger partial charge in [-0.05, 0) is 43.7 Å². The SMILES string of the molecule is O=C(CC1CCCCO1)Nc1cccc2c1NCCC2. The Hall–Kier alpha value is -1.55. The molecule has 2 aliphatic rings. The quantitative estimate of drug-likeness (QED) is 0.891. The van der Waals surface area contributed by atoms with Crippen molar-refractivity contribution in [2.45, 2.75) is 44.6 Å². The molecule has 0 saturated carbocycles. The van der Waals surface area contributed by atoms with Gasteiger partial charge in [-0.15, -0.1) is 0 Å². The van der Waals surface area contributed by atoms with E-state index < -0.39 is 0 Å². The topological polar surface area (TPSA) is 50.4 Å². The van der Waals surface area contributed by atoms with Gasteiger partial charge in [-0.3, -0.25) is 4.79 Å². The molecule has 0 aliphatic carbocycles. The number of hydrogen-bond acceptors (Lipinski definition) is 3. The van der Waals surface area contributed by atoms with Crippen LogP contribution in [0.25, 0.3) is 0 Å². The number of benzene rings is 1. The summed E-state index contributed by atoms with van der Waals surface area (Å²) >= 11 is 0. The van der Waals surface area contributed by atoms with Crippen LogP contribution < -0.4 is 10.6 Å². The first-order valence-electron chi connectivity index (χ1n) is 7.60. The predicted molar refractivity (Wildman–Crippen MR) is 80.1 cm³/mol. The Bertz CT molecular complexity index is 481. The molecule has 2 heterocycles. The van der Waals surface area contributed by atoms with Gasteiger partial charge in [0.05, 0.1) is 23.9 Å². The van der Waals surface area contributed by atoms with Crippen molar-refractivity contribution in [2.24, 2.45) is 0 Å². The van der Waals surface area contributed by atoms with Crippen molar-refractivity contribution in [3.63, 3.8) is 0 Å². The molecule has 108 valence electrons. The van der Waals surface area contributed by atoms with Crippen molar-refractivity contribution in [2.75, 3.05) is 23.8 Å². The van der Waals surface area contributed by atoms with Crippen molar-refractivity contribution >= 4 is 17.3 Å². The molecule has 1 aromatic rings. The summed E-state index contributed by atoms with van der Waals surface area (Å²) in [6.45, 7) is 1.77. The van der Waals surface area contributed by atoms with Gasteiger partial charge in [-0.1, -0.05) is 12.1 Å². The summed E-state index contributed by atoms with van der Waals surface area (Å²) in [7, 11) is 0. The highest BCUT2D eigenvalue weighted by Crippen LogP contribution is 2.30. The number of rotatable bonds is 3. The van der Waals surface area contributed by atoms with Crippen LogP contribution in [0.4, 0.5) is 11.4 Å². The fraction of sp³-hybridized carbons (Fsp3) is 0.562. The molecule has 1 atom stereocenters. The zero-order valence-electron chi connectivity index (χ0n) is 11.8. The van der Waals surface area contributed by atoms with Crippen LogP contribution in [0.1, 0.15) is 37.7 Å². The predicted octanol–water partition coefficient (Wildman–Crippen LogP) is 2.94. The molecule has 0 aromatic heterocycles. The fourth-order valence-corrected chi connectivity index (χ4v) is 2.99. The second-order valence-electron chi connectivity index (χ2n) is 5.61. The molecule has 2 aliphatic heterocycles. The molecule has 1 fully saturated rings. The Kier molecular flexibility index (Phi) is 4.21. The maximum Gasteiger partial charge on any atom is 0.227 e. The zero-order valence-corrected chi connectivity index (χ0v) is 11.8. The number of carbonyl (C=O) groups excluding carboxylic acids is 1. The van der Waals surface area contributed by atoms with Crippen LogP contribution in [-0.2, 0) is 16.0 Å². The van der Waals surface area contributed by atoms with E-state index in [4.69, 9.17) is 4.74 Å². The lowest BCUT2D eigenvalue weighted by atomic mass is 10.0. The summed E-state index contributed by atoms with van der Waals surface area (Å²) in [4.78, 5) is 12.1. The largest absolute Gasteiger partial charge is 0.383 e. The smallest absolute Gasteiger partial charge is 0.227 e. The number of aryl methyl sites for hydroxylation is 1. The first-order chi connectivity index (χ1) is 9.83. The van der Waals surface area contributed by atoms with Crippen LogP contribution in [0.2, 0.25) is 0 Å². The standard InChI is InChI=1S/C16H22N2O2/c19-15(11-13-7-1-2-10-20-13)18-14-8-3-5-12-6-4-9-17-16(12)14/h3,5,8,13,17H,1-2,4,6-7,9-11H2,(H,18,19). The van der Waals surface area contributed by atoms with Crippen molar-refractivity contribution in [3.8, 4) is 0 Å². The second-order valence-corrected chi connectivity index (χ2v) is 5.61. The van der Waals surface area contributed by atoms with Crippen LogP contribution in [0.3, 0.4) is 0 Å². The lowest BCUT2D eigenvalue weighted by Crippen LogP contribution is -2.26. The third kappa shape index (κ3) is 3.12. The minimum Gasteiger partial charge on any atom is -0.383 e. The van der Waals surface area contributed by atoms with Crippen molar-refractivity contribution in [1.82, 2.24) is 0 Å². The third-order valence-electron chi connectivity index (χ3n) is 4.04. The van der Waals surface area contributed by atoms with Crippen LogP contribution in [0.5, 0.6) is 0 Å². The van der Waals surface area contributed by atoms with E-state index in [-0.39, 0.29) is 12.0 Å². The number of nitrogens with one attached hydrogen (secondary N) is 2. The monoisotopic (exact) mass is 274 g/mol. The molecule has 1 unspecified atom stereocenters. The first-order valence-corrected chi connectivity index (χ1v) is 7.60. The molecule has 4 heteroatoms. The van der Waals surface area contributed by atoms with Gasteiger partial charge in [0, 0.05) is 13.2 Å². The van der Waals surface area contributed by atoms with E-state index >= 15 is 0 Å². The molecule has 20 heavy (non-hydrogen) atoms. The number of amides is 1. The maximum atomic E-state index is 12.1. The molecule has 0 spiro atoms. The third-order valence-corrected chi connectivity index (χ3v) is 4.04. The number of carbonyl (C=O) groups is 1. The molecular formula is C16H22N2O2. The average Bonchev–Trinajstić information content (AvgIpc) is 2.48. The molecule has 1 saturated heterocycles. The molecule has 0 radical (unpaired) electrons. The first kappa shape index (κ1) is 13.4. The van der Waals surface area contributed by atoms with Gasteiger partial charge in [-0.25, -0.2) is 0 Å². The van der Waals surface area contributed by atoms with Gasteiger partial charge in [-0.2, -0.15) is 0 Å². The highest BCUT2D eigenvalue weighted by atomic mass is 16.5. The highest BCUT2D eigenvalue weighted by Gasteiger charge is 2.19. The molecule has 1 amide bonds. The maximum absolute atomic E-state index is 12.1. The van der Waals surface area contributed by atoms with E-state index in [1.807, 2.05) is 12.1 Å². The van der Waals surface area contributed by atoms with E-state index in [1.54, 1.807) is 0 Å². The Morgan fingerprint density at radius 3 is 3.15 bits per heavy atom. The average molecular weight is 274 g/mol. The number of ether oxygens (including phenoxy) is 1. The van der Waals surface area contributed by atoms with Gasteiger partial charge in [0.15, 0.2) is 0 Å². The van der Waals surface area contributed by atoms with Gasteiger partial charge in [0.1, 0.15) is 0 Å². The van der Waals surface area contributed by atoms with Crippen LogP contribution in [-0.4, -0.2) is 25.2 Å². The minimum absolute atomic E-state index is 0.0534. The molecule has 4 nitrogen and oxygen atoms in total. The zero-order chi connectivity index (χ0) is 13.8. The van der Waals surface area contributed by atoms with E-state index in [1.165, 1.54) is 12.0 Å². The molecular weight excluding hydrogens is 252 g/mol. The molecule has 3 rings (SSSR count). The van der Waals surface area contributed by atoms with Gasteiger partial charge < -0.3 is 15.4 Å². The minimum atomic E-state index is 0.0534. The van der Waals surface area contributed by atoms with E-state index in [0.29, 0.717) is 6.42 Å². The number of anilines is 2. The van der Waals surface area contributed by atoms with Gasteiger partial charge in [0.25, 0.3) is 0 Å². The summed E-state index contributed by atoms with van der Waals surface area (Å²) in [5, 5.41) is 6.43. The Morgan fingerprint density at radius 1 is 1.35 bits per heavy atom. The summed E-state index contributed by atoms with van der Waals surface area (Å²) in [6, 6.07) is 6.11. The van der Waals surface area contributed by atoms with Gasteiger partial charge in [0.2, 0.25) is 5.91 Å². The number of para-hydroxylation sites is 1. The summed E-state index contributed by atoms with van der Waals surface area (Å²) in [5.74, 6) is 0.0534. The lowest BCUT2D eigenvalue weighted by Gasteiger charge is -2.24. The molecule has 0 bridgehead atoms. The summed E-state index contributed by atoms with van der Waals surface area (Å²) in [5.41, 5.74) is 3.29. The van der Waals surface area contributed by atoms with Crippen LogP contribution >= 0.6 is 0 Å². The summed E-state index contributed by atoms with van der Waals surface area (Å²) < 4.78 is 5.62. The van der Waals surface area contributed by atoms with Crippen molar-refractivity contribution in [1.29, 1.82) is 0 Å². The fourth-order valence-electron chi connectivity index (χ4n) is 2.99. The summed E-state index contributed by atoms with van der Waals surface area (Å²) in [6.07, 6.45) is 6.07. The van der Waals surface area contributed by atoms with Crippen molar-refractivity contribution in [3.05, 3.63) is 23.8 Å². The second kappa shape index (κ2) is 6.27. The van der Waals surface area contributed by atoms with E-state index in [0.717, 1.165) is 50.2 Å². The number of hydrogen-bond donors (Lipinski definition) is 2. The lowest BCUT2D eigenvalue weighted by molar-refractivity contribution is -0.119. The van der Waals surface area contributed by atoms with Crippen LogP contribution in [0, 0.1) is 0 Å². The normalized spacial score (nSPS) is 21.7. The number of fused-ring (bicyclic) bond motifs is 1. The van der Waals surface area contributed by atoms with Crippen LogP contribution in [0.15, 0.2) is 18.2 Å². The van der Waals surface area contributed by atoms with Gasteiger partial charge >= 0.3 is 0 Å².